The lowest BCUT2D eigenvalue weighted by atomic mass is 10.0. The van der Waals surface area contributed by atoms with Gasteiger partial charge in [-0.25, -0.2) is 4.98 Å². The average Bonchev–Trinajstić information content (AvgIpc) is 3.07. The number of thiazole rings is 1. The Labute approximate surface area is 133 Å². The molecule has 3 nitrogen and oxygen atoms in total. The Morgan fingerprint density at radius 2 is 1.68 bits per heavy atom. The van der Waals surface area contributed by atoms with Crippen LogP contribution in [0.25, 0.3) is 11.6 Å². The first kappa shape index (κ1) is 14.2. The number of amides is 1. The minimum atomic E-state index is -0.162. The third-order valence-electron chi connectivity index (χ3n) is 3.09. The van der Waals surface area contributed by atoms with Gasteiger partial charge in [-0.15, -0.1) is 11.3 Å². The van der Waals surface area contributed by atoms with Gasteiger partial charge in [-0.2, -0.15) is 0 Å². The summed E-state index contributed by atoms with van der Waals surface area (Å²) in [5, 5.41) is 5.27. The maximum Gasteiger partial charge on any atom is 0.258 e. The summed E-state index contributed by atoms with van der Waals surface area (Å²) in [5.41, 5.74) is 2.47. The SMILES string of the molecule is O=C(Nc1nccs1)C(=Cc1ccccc1)c1ccccc1. The first-order chi connectivity index (χ1) is 10.8. The Kier molecular flexibility index (Phi) is 4.41. The monoisotopic (exact) mass is 306 g/mol. The normalized spacial score (nSPS) is 11.2. The molecule has 0 aliphatic carbocycles. The molecule has 1 heterocycles. The summed E-state index contributed by atoms with van der Waals surface area (Å²) in [6, 6.07) is 19.4. The average molecular weight is 306 g/mol. The maximum absolute atomic E-state index is 12.6. The lowest BCUT2D eigenvalue weighted by molar-refractivity contribution is -0.111. The van der Waals surface area contributed by atoms with E-state index in [0.717, 1.165) is 11.1 Å². The van der Waals surface area contributed by atoms with Crippen molar-refractivity contribution in [2.45, 2.75) is 0 Å². The Hall–Kier alpha value is -2.72. The van der Waals surface area contributed by atoms with E-state index in [1.807, 2.05) is 72.1 Å². The predicted octanol–water partition coefficient (Wildman–Crippen LogP) is 4.32. The number of carbonyl (C=O) groups is 1. The molecule has 4 heteroatoms. The maximum atomic E-state index is 12.6. The van der Waals surface area contributed by atoms with E-state index in [1.54, 1.807) is 6.20 Å². The fourth-order valence-electron chi connectivity index (χ4n) is 2.06. The van der Waals surface area contributed by atoms with Crippen molar-refractivity contribution in [2.24, 2.45) is 0 Å². The molecule has 1 aromatic heterocycles. The van der Waals surface area contributed by atoms with Crippen LogP contribution in [0, 0.1) is 0 Å². The number of nitrogens with one attached hydrogen (secondary N) is 1. The second-order valence-electron chi connectivity index (χ2n) is 4.63. The fraction of sp³-hybridized carbons (Fsp3) is 0. The summed E-state index contributed by atoms with van der Waals surface area (Å²) in [6.45, 7) is 0. The summed E-state index contributed by atoms with van der Waals surface area (Å²) in [4.78, 5) is 16.7. The van der Waals surface area contributed by atoms with Crippen molar-refractivity contribution in [1.82, 2.24) is 4.98 Å². The second kappa shape index (κ2) is 6.83. The zero-order chi connectivity index (χ0) is 15.2. The molecule has 0 bridgehead atoms. The van der Waals surface area contributed by atoms with Crippen molar-refractivity contribution in [3.63, 3.8) is 0 Å². The first-order valence-corrected chi connectivity index (χ1v) is 7.74. The molecule has 2 aromatic carbocycles. The minimum absolute atomic E-state index is 0.162. The van der Waals surface area contributed by atoms with E-state index >= 15 is 0 Å². The van der Waals surface area contributed by atoms with Crippen LogP contribution in [-0.2, 0) is 4.79 Å². The molecule has 3 rings (SSSR count). The van der Waals surface area contributed by atoms with Crippen LogP contribution >= 0.6 is 11.3 Å². The molecular weight excluding hydrogens is 292 g/mol. The lowest BCUT2D eigenvalue weighted by Crippen LogP contribution is -2.13. The van der Waals surface area contributed by atoms with Crippen molar-refractivity contribution < 1.29 is 4.79 Å². The Morgan fingerprint density at radius 1 is 1.00 bits per heavy atom. The van der Waals surface area contributed by atoms with Gasteiger partial charge in [0.1, 0.15) is 0 Å². The quantitative estimate of drug-likeness (QED) is 0.576. The van der Waals surface area contributed by atoms with E-state index < -0.39 is 0 Å². The van der Waals surface area contributed by atoms with E-state index in [1.165, 1.54) is 11.3 Å². The van der Waals surface area contributed by atoms with Gasteiger partial charge in [0, 0.05) is 17.2 Å². The summed E-state index contributed by atoms with van der Waals surface area (Å²) in [5.74, 6) is -0.162. The standard InChI is InChI=1S/C18H14N2OS/c21-17(20-18-19-11-12-22-18)16(15-9-5-2-6-10-15)13-14-7-3-1-4-8-14/h1-13H,(H,19,20,21). The Morgan fingerprint density at radius 3 is 2.32 bits per heavy atom. The Bertz CT molecular complexity index is 765. The van der Waals surface area contributed by atoms with Crippen LogP contribution in [0.15, 0.2) is 72.2 Å². The molecule has 0 aliphatic heterocycles. The van der Waals surface area contributed by atoms with Crippen LogP contribution in [-0.4, -0.2) is 10.9 Å². The van der Waals surface area contributed by atoms with E-state index in [-0.39, 0.29) is 5.91 Å². The Balaban J connectivity index is 1.96. The highest BCUT2D eigenvalue weighted by atomic mass is 32.1. The van der Waals surface area contributed by atoms with Crippen LogP contribution in [0.2, 0.25) is 0 Å². The number of anilines is 1. The number of benzene rings is 2. The van der Waals surface area contributed by atoms with Gasteiger partial charge in [-0.05, 0) is 17.2 Å². The smallest absolute Gasteiger partial charge is 0.258 e. The van der Waals surface area contributed by atoms with Gasteiger partial charge in [-0.1, -0.05) is 60.7 Å². The second-order valence-corrected chi connectivity index (χ2v) is 5.52. The van der Waals surface area contributed by atoms with Gasteiger partial charge >= 0.3 is 0 Å². The van der Waals surface area contributed by atoms with Crippen LogP contribution in [0.4, 0.5) is 5.13 Å². The lowest BCUT2D eigenvalue weighted by Gasteiger charge is -2.08. The zero-order valence-corrected chi connectivity index (χ0v) is 12.6. The number of nitrogens with zero attached hydrogens (tertiary/aromatic N) is 1. The van der Waals surface area contributed by atoms with Gasteiger partial charge in [0.15, 0.2) is 5.13 Å². The zero-order valence-electron chi connectivity index (χ0n) is 11.8. The molecule has 0 radical (unpaired) electrons. The van der Waals surface area contributed by atoms with Crippen LogP contribution in [0.5, 0.6) is 0 Å². The van der Waals surface area contributed by atoms with Crippen molar-refractivity contribution in [1.29, 1.82) is 0 Å². The highest BCUT2D eigenvalue weighted by Gasteiger charge is 2.13. The summed E-state index contributed by atoms with van der Waals surface area (Å²) < 4.78 is 0. The van der Waals surface area contributed by atoms with Crippen molar-refractivity contribution in [2.75, 3.05) is 5.32 Å². The van der Waals surface area contributed by atoms with Gasteiger partial charge in [-0.3, -0.25) is 10.1 Å². The van der Waals surface area contributed by atoms with Crippen LogP contribution < -0.4 is 5.32 Å². The largest absolute Gasteiger partial charge is 0.298 e. The third kappa shape index (κ3) is 3.48. The number of carbonyl (C=O) groups excluding carboxylic acids is 1. The molecule has 0 aliphatic rings. The molecule has 0 atom stereocenters. The molecule has 108 valence electrons. The molecule has 1 amide bonds. The molecule has 3 aromatic rings. The van der Waals surface area contributed by atoms with E-state index in [4.69, 9.17) is 0 Å². The minimum Gasteiger partial charge on any atom is -0.298 e. The van der Waals surface area contributed by atoms with Gasteiger partial charge in [0.05, 0.1) is 0 Å². The number of rotatable bonds is 4. The molecule has 0 fully saturated rings. The van der Waals surface area contributed by atoms with Crippen LogP contribution in [0.1, 0.15) is 11.1 Å². The van der Waals surface area contributed by atoms with Gasteiger partial charge < -0.3 is 0 Å². The molecule has 0 unspecified atom stereocenters. The van der Waals surface area contributed by atoms with Crippen molar-refractivity contribution in [3.8, 4) is 0 Å². The van der Waals surface area contributed by atoms with E-state index in [9.17, 15) is 4.79 Å². The number of hydrogen-bond acceptors (Lipinski definition) is 3. The molecule has 22 heavy (non-hydrogen) atoms. The van der Waals surface area contributed by atoms with E-state index in [0.29, 0.717) is 10.7 Å². The van der Waals surface area contributed by atoms with Gasteiger partial charge in [0.25, 0.3) is 5.91 Å². The molecular formula is C18H14N2OS. The molecule has 0 spiro atoms. The highest BCUT2D eigenvalue weighted by Crippen LogP contribution is 2.21. The van der Waals surface area contributed by atoms with Crippen molar-refractivity contribution in [3.05, 3.63) is 83.4 Å². The number of hydrogen-bond donors (Lipinski definition) is 1. The predicted molar refractivity (Wildman–Crippen MR) is 91.5 cm³/mol. The molecule has 0 saturated carbocycles. The first-order valence-electron chi connectivity index (χ1n) is 6.86. The summed E-state index contributed by atoms with van der Waals surface area (Å²) in [6.07, 6.45) is 3.56. The molecule has 1 N–H and O–H groups in total. The molecule has 0 saturated heterocycles. The van der Waals surface area contributed by atoms with Crippen LogP contribution in [0.3, 0.4) is 0 Å². The summed E-state index contributed by atoms with van der Waals surface area (Å²) in [7, 11) is 0. The third-order valence-corrected chi connectivity index (χ3v) is 3.78. The summed E-state index contributed by atoms with van der Waals surface area (Å²) >= 11 is 1.40. The highest BCUT2D eigenvalue weighted by molar-refractivity contribution is 7.13. The van der Waals surface area contributed by atoms with Crippen molar-refractivity contribution >= 4 is 34.0 Å². The van der Waals surface area contributed by atoms with Gasteiger partial charge in [0.2, 0.25) is 0 Å². The number of aromatic nitrogens is 1. The fourth-order valence-corrected chi connectivity index (χ4v) is 2.59. The topological polar surface area (TPSA) is 42.0 Å². The van der Waals surface area contributed by atoms with E-state index in [2.05, 4.69) is 10.3 Å².